The third-order valence-electron chi connectivity index (χ3n) is 5.66. The monoisotopic (exact) mass is 475 g/mol. The van der Waals surface area contributed by atoms with Gasteiger partial charge in [-0.25, -0.2) is 4.98 Å². The second-order valence-corrected chi connectivity index (χ2v) is 8.72. The number of rotatable bonds is 8. The summed E-state index contributed by atoms with van der Waals surface area (Å²) in [6.45, 7) is 6.80. The molecule has 0 N–H and O–H groups in total. The molecule has 2 heterocycles. The van der Waals surface area contributed by atoms with Gasteiger partial charge in [-0.3, -0.25) is 14.6 Å². The SMILES string of the molecule is COc1ccc(C)c2sc(N(CCN3CCOCC3)C(=O)CCc3ccccc3)nc12.Cl. The highest BCUT2D eigenvalue weighted by Gasteiger charge is 2.23. The van der Waals surface area contributed by atoms with Crippen LogP contribution in [0.25, 0.3) is 10.2 Å². The smallest absolute Gasteiger partial charge is 0.229 e. The molecule has 0 aliphatic carbocycles. The van der Waals surface area contributed by atoms with E-state index >= 15 is 0 Å². The zero-order valence-corrected chi connectivity index (χ0v) is 20.2. The van der Waals surface area contributed by atoms with Crippen LogP contribution in [0, 0.1) is 6.92 Å². The Labute approximate surface area is 199 Å². The first-order valence-electron chi connectivity index (χ1n) is 10.7. The van der Waals surface area contributed by atoms with E-state index in [1.54, 1.807) is 18.4 Å². The molecule has 1 aromatic heterocycles. The summed E-state index contributed by atoms with van der Waals surface area (Å²) in [7, 11) is 1.66. The molecule has 1 aliphatic rings. The number of ether oxygens (including phenoxy) is 2. The van der Waals surface area contributed by atoms with Crippen LogP contribution in [0.1, 0.15) is 17.5 Å². The van der Waals surface area contributed by atoms with E-state index in [1.807, 2.05) is 35.2 Å². The fourth-order valence-electron chi connectivity index (χ4n) is 3.80. The molecule has 2 aromatic carbocycles. The summed E-state index contributed by atoms with van der Waals surface area (Å²) in [4.78, 5) is 22.4. The van der Waals surface area contributed by atoms with E-state index in [9.17, 15) is 4.79 Å². The Morgan fingerprint density at radius 3 is 2.66 bits per heavy atom. The summed E-state index contributed by atoms with van der Waals surface area (Å²) in [6.07, 6.45) is 1.18. The van der Waals surface area contributed by atoms with Crippen LogP contribution < -0.4 is 9.64 Å². The van der Waals surface area contributed by atoms with E-state index < -0.39 is 0 Å². The van der Waals surface area contributed by atoms with Gasteiger partial charge in [-0.15, -0.1) is 12.4 Å². The molecule has 1 aliphatic heterocycles. The number of carbonyl (C=O) groups excluding carboxylic acids is 1. The minimum Gasteiger partial charge on any atom is -0.494 e. The number of hydrogen-bond acceptors (Lipinski definition) is 6. The average Bonchev–Trinajstić information content (AvgIpc) is 3.25. The molecule has 172 valence electrons. The number of anilines is 1. The zero-order valence-electron chi connectivity index (χ0n) is 18.6. The van der Waals surface area contributed by atoms with Gasteiger partial charge in [-0.1, -0.05) is 47.7 Å². The van der Waals surface area contributed by atoms with Crippen LogP contribution in [0.2, 0.25) is 0 Å². The van der Waals surface area contributed by atoms with E-state index in [4.69, 9.17) is 14.5 Å². The average molecular weight is 476 g/mol. The van der Waals surface area contributed by atoms with Gasteiger partial charge in [0.05, 0.1) is 25.0 Å². The molecule has 1 saturated heterocycles. The van der Waals surface area contributed by atoms with Crippen LogP contribution in [0.4, 0.5) is 5.13 Å². The molecule has 0 unspecified atom stereocenters. The number of aromatic nitrogens is 1. The Balaban J connectivity index is 0.00000289. The van der Waals surface area contributed by atoms with E-state index in [0.29, 0.717) is 13.0 Å². The van der Waals surface area contributed by atoms with E-state index in [0.717, 1.165) is 65.9 Å². The first-order chi connectivity index (χ1) is 15.2. The molecule has 0 bridgehead atoms. The van der Waals surface area contributed by atoms with Gasteiger partial charge in [0, 0.05) is 32.6 Å². The predicted molar refractivity (Wildman–Crippen MR) is 133 cm³/mol. The number of halogens is 1. The van der Waals surface area contributed by atoms with Gasteiger partial charge in [-0.05, 0) is 30.5 Å². The first-order valence-corrected chi connectivity index (χ1v) is 11.6. The fraction of sp³-hybridized carbons (Fsp3) is 0.417. The molecule has 0 radical (unpaired) electrons. The van der Waals surface area contributed by atoms with Gasteiger partial charge in [0.25, 0.3) is 0 Å². The van der Waals surface area contributed by atoms with Crippen molar-refractivity contribution in [2.45, 2.75) is 19.8 Å². The van der Waals surface area contributed by atoms with Crippen molar-refractivity contribution in [2.75, 3.05) is 51.4 Å². The van der Waals surface area contributed by atoms with Crippen LogP contribution in [0.15, 0.2) is 42.5 Å². The highest BCUT2D eigenvalue weighted by atomic mass is 35.5. The minimum absolute atomic E-state index is 0. The quantitative estimate of drug-likeness (QED) is 0.485. The molecule has 1 fully saturated rings. The summed E-state index contributed by atoms with van der Waals surface area (Å²) < 4.78 is 12.0. The van der Waals surface area contributed by atoms with Crippen molar-refractivity contribution in [3.05, 3.63) is 53.6 Å². The van der Waals surface area contributed by atoms with Gasteiger partial charge in [0.1, 0.15) is 11.3 Å². The van der Waals surface area contributed by atoms with Crippen molar-refractivity contribution in [1.82, 2.24) is 9.88 Å². The number of benzene rings is 2. The Morgan fingerprint density at radius 2 is 1.94 bits per heavy atom. The molecule has 1 amide bonds. The molecule has 3 aromatic rings. The topological polar surface area (TPSA) is 54.9 Å². The zero-order chi connectivity index (χ0) is 21.6. The second-order valence-electron chi connectivity index (χ2n) is 7.74. The molecule has 6 nitrogen and oxygen atoms in total. The first kappa shape index (κ1) is 24.5. The van der Waals surface area contributed by atoms with Crippen molar-refractivity contribution in [2.24, 2.45) is 0 Å². The maximum atomic E-state index is 13.3. The van der Waals surface area contributed by atoms with Gasteiger partial charge in [0.15, 0.2) is 5.13 Å². The lowest BCUT2D eigenvalue weighted by Gasteiger charge is -2.29. The highest BCUT2D eigenvalue weighted by Crippen LogP contribution is 2.36. The molecular formula is C24H30ClN3O3S. The predicted octanol–water partition coefficient (Wildman–Crippen LogP) is 4.33. The lowest BCUT2D eigenvalue weighted by atomic mass is 10.1. The Hall–Kier alpha value is -2.19. The molecule has 8 heteroatoms. The molecule has 4 rings (SSSR count). The summed E-state index contributed by atoms with van der Waals surface area (Å²) in [5.41, 5.74) is 3.14. The van der Waals surface area contributed by atoms with Crippen molar-refractivity contribution >= 4 is 45.0 Å². The number of hydrogen-bond donors (Lipinski definition) is 0. The van der Waals surface area contributed by atoms with Crippen molar-refractivity contribution < 1.29 is 14.3 Å². The summed E-state index contributed by atoms with van der Waals surface area (Å²) in [5, 5.41) is 0.744. The number of carbonyl (C=O) groups is 1. The Morgan fingerprint density at radius 1 is 1.19 bits per heavy atom. The van der Waals surface area contributed by atoms with Crippen LogP contribution >= 0.6 is 23.7 Å². The van der Waals surface area contributed by atoms with Crippen LogP contribution in [-0.2, 0) is 16.0 Å². The van der Waals surface area contributed by atoms with Gasteiger partial charge < -0.3 is 9.47 Å². The molecule has 0 saturated carbocycles. The summed E-state index contributed by atoms with van der Waals surface area (Å²) in [6, 6.07) is 14.1. The lowest BCUT2D eigenvalue weighted by Crippen LogP contribution is -2.43. The Kier molecular flexibility index (Phi) is 8.87. The van der Waals surface area contributed by atoms with Gasteiger partial charge >= 0.3 is 0 Å². The third kappa shape index (κ3) is 5.78. The van der Waals surface area contributed by atoms with Crippen molar-refractivity contribution in [3.8, 4) is 5.75 Å². The van der Waals surface area contributed by atoms with Gasteiger partial charge in [0.2, 0.25) is 5.91 Å². The number of amides is 1. The number of thiazole rings is 1. The van der Waals surface area contributed by atoms with Crippen LogP contribution in [0.3, 0.4) is 0 Å². The third-order valence-corrected chi connectivity index (χ3v) is 6.87. The largest absolute Gasteiger partial charge is 0.494 e. The number of methoxy groups -OCH3 is 1. The van der Waals surface area contributed by atoms with Crippen molar-refractivity contribution in [3.63, 3.8) is 0 Å². The number of fused-ring (bicyclic) bond motifs is 1. The Bertz CT molecular complexity index is 1020. The van der Waals surface area contributed by atoms with Gasteiger partial charge in [-0.2, -0.15) is 0 Å². The molecule has 0 atom stereocenters. The van der Waals surface area contributed by atoms with E-state index in [1.165, 1.54) is 5.56 Å². The van der Waals surface area contributed by atoms with Crippen LogP contribution in [0.5, 0.6) is 5.75 Å². The minimum atomic E-state index is 0. The number of nitrogens with zero attached hydrogens (tertiary/aromatic N) is 3. The number of morpholine rings is 1. The maximum Gasteiger partial charge on any atom is 0.229 e. The molecule has 0 spiro atoms. The van der Waals surface area contributed by atoms with E-state index in [-0.39, 0.29) is 18.3 Å². The highest BCUT2D eigenvalue weighted by molar-refractivity contribution is 7.22. The van der Waals surface area contributed by atoms with Crippen LogP contribution in [-0.4, -0.2) is 62.3 Å². The summed E-state index contributed by atoms with van der Waals surface area (Å²) >= 11 is 1.57. The maximum absolute atomic E-state index is 13.3. The fourth-order valence-corrected chi connectivity index (χ4v) is 4.90. The lowest BCUT2D eigenvalue weighted by molar-refractivity contribution is -0.118. The summed E-state index contributed by atoms with van der Waals surface area (Å²) in [5.74, 6) is 0.848. The second kappa shape index (κ2) is 11.6. The number of aryl methyl sites for hydroxylation is 2. The van der Waals surface area contributed by atoms with E-state index in [2.05, 4.69) is 24.0 Å². The molecule has 32 heavy (non-hydrogen) atoms. The normalized spacial score (nSPS) is 14.2. The van der Waals surface area contributed by atoms with Crippen molar-refractivity contribution in [1.29, 1.82) is 0 Å². The standard InChI is InChI=1S/C24H29N3O3S.ClH/c1-18-8-10-20(29-2)22-23(18)31-24(25-22)27(13-12-26-14-16-30-17-15-26)21(28)11-9-19-6-4-3-5-7-19;/h3-8,10H,9,11-17H2,1-2H3;1H. The molecular weight excluding hydrogens is 446 g/mol.